The molecule has 0 aliphatic heterocycles. The number of rotatable bonds is 7. The largest absolute Gasteiger partial charge is 0.340 e. The first-order chi connectivity index (χ1) is 12.1. The summed E-state index contributed by atoms with van der Waals surface area (Å²) in [5.41, 5.74) is 1.40. The van der Waals surface area contributed by atoms with Crippen LogP contribution < -0.4 is 5.32 Å². The first kappa shape index (κ1) is 20.1. The first-order valence-electron chi connectivity index (χ1n) is 8.50. The van der Waals surface area contributed by atoms with E-state index in [9.17, 15) is 13.2 Å². The molecule has 0 atom stereocenters. The SMILES string of the molecule is CC(=O)c1ccc(Nc2ccc(S(=O)(=O)N(C(C)C)C(C)C)cn2)cc1. The highest BCUT2D eigenvalue weighted by molar-refractivity contribution is 7.89. The highest BCUT2D eigenvalue weighted by Crippen LogP contribution is 2.22. The van der Waals surface area contributed by atoms with Crippen LogP contribution in [-0.2, 0) is 10.0 Å². The van der Waals surface area contributed by atoms with Crippen LogP contribution in [0.2, 0.25) is 0 Å². The van der Waals surface area contributed by atoms with E-state index in [1.54, 1.807) is 36.4 Å². The summed E-state index contributed by atoms with van der Waals surface area (Å²) in [6.07, 6.45) is 1.36. The molecule has 1 heterocycles. The van der Waals surface area contributed by atoms with Crippen molar-refractivity contribution in [1.29, 1.82) is 0 Å². The van der Waals surface area contributed by atoms with Gasteiger partial charge in [-0.25, -0.2) is 13.4 Å². The van der Waals surface area contributed by atoms with Crippen LogP contribution in [0, 0.1) is 0 Å². The monoisotopic (exact) mass is 375 g/mol. The third-order valence-electron chi connectivity index (χ3n) is 3.89. The van der Waals surface area contributed by atoms with Gasteiger partial charge >= 0.3 is 0 Å². The summed E-state index contributed by atoms with van der Waals surface area (Å²) >= 11 is 0. The molecule has 0 radical (unpaired) electrons. The van der Waals surface area contributed by atoms with Crippen LogP contribution in [0.1, 0.15) is 45.0 Å². The fourth-order valence-corrected chi connectivity index (χ4v) is 4.60. The van der Waals surface area contributed by atoms with Gasteiger partial charge < -0.3 is 5.32 Å². The second-order valence-electron chi connectivity index (χ2n) is 6.66. The molecule has 7 heteroatoms. The number of pyridine rings is 1. The fourth-order valence-electron chi connectivity index (χ4n) is 2.82. The third-order valence-corrected chi connectivity index (χ3v) is 6.13. The molecule has 0 saturated carbocycles. The van der Waals surface area contributed by atoms with Crippen LogP contribution in [0.5, 0.6) is 0 Å². The quantitative estimate of drug-likeness (QED) is 0.744. The van der Waals surface area contributed by atoms with Gasteiger partial charge in [-0.05, 0) is 71.0 Å². The van der Waals surface area contributed by atoms with Crippen molar-refractivity contribution >= 4 is 27.3 Å². The summed E-state index contributed by atoms with van der Waals surface area (Å²) in [7, 11) is -3.60. The van der Waals surface area contributed by atoms with E-state index in [-0.39, 0.29) is 22.8 Å². The lowest BCUT2D eigenvalue weighted by Crippen LogP contribution is -2.41. The number of hydrogen-bond acceptors (Lipinski definition) is 5. The van der Waals surface area contributed by atoms with Crippen LogP contribution in [0.15, 0.2) is 47.5 Å². The second kappa shape index (κ2) is 7.97. The number of nitrogens with one attached hydrogen (secondary N) is 1. The smallest absolute Gasteiger partial charge is 0.245 e. The molecule has 0 unspecified atom stereocenters. The number of anilines is 2. The van der Waals surface area contributed by atoms with Crippen molar-refractivity contribution in [2.24, 2.45) is 0 Å². The number of nitrogens with zero attached hydrogens (tertiary/aromatic N) is 2. The number of ketones is 1. The number of Topliss-reactive ketones (excluding diaryl/α,β-unsaturated/α-hetero) is 1. The second-order valence-corrected chi connectivity index (χ2v) is 8.50. The van der Waals surface area contributed by atoms with Crippen LogP contribution in [-0.4, -0.2) is 35.6 Å². The van der Waals surface area contributed by atoms with Crippen molar-refractivity contribution in [3.8, 4) is 0 Å². The highest BCUT2D eigenvalue weighted by Gasteiger charge is 2.29. The molecular formula is C19H25N3O3S. The van der Waals surface area contributed by atoms with Crippen LogP contribution in [0.4, 0.5) is 11.5 Å². The molecule has 140 valence electrons. The van der Waals surface area contributed by atoms with Crippen molar-refractivity contribution in [3.63, 3.8) is 0 Å². The molecular weight excluding hydrogens is 350 g/mol. The van der Waals surface area contributed by atoms with E-state index in [1.165, 1.54) is 17.4 Å². The summed E-state index contributed by atoms with van der Waals surface area (Å²) in [5.74, 6) is 0.532. The Morgan fingerprint density at radius 1 is 1.00 bits per heavy atom. The summed E-state index contributed by atoms with van der Waals surface area (Å²) in [5, 5.41) is 3.09. The number of sulfonamides is 1. The zero-order valence-electron chi connectivity index (χ0n) is 15.7. The molecule has 0 fully saturated rings. The zero-order valence-corrected chi connectivity index (χ0v) is 16.5. The zero-order chi connectivity index (χ0) is 19.5. The lowest BCUT2D eigenvalue weighted by molar-refractivity contribution is 0.101. The molecule has 0 amide bonds. The molecule has 0 aliphatic rings. The van der Waals surface area contributed by atoms with Gasteiger partial charge in [-0.1, -0.05) is 0 Å². The molecule has 1 N–H and O–H groups in total. The summed E-state index contributed by atoms with van der Waals surface area (Å²) < 4.78 is 27.1. The Morgan fingerprint density at radius 3 is 2.00 bits per heavy atom. The molecule has 2 rings (SSSR count). The normalized spacial score (nSPS) is 12.0. The molecule has 0 bridgehead atoms. The molecule has 0 spiro atoms. The molecule has 0 saturated heterocycles. The van der Waals surface area contributed by atoms with Gasteiger partial charge in [-0.3, -0.25) is 4.79 Å². The predicted molar refractivity (Wildman–Crippen MR) is 103 cm³/mol. The van der Waals surface area contributed by atoms with E-state index in [2.05, 4.69) is 10.3 Å². The van der Waals surface area contributed by atoms with Crippen molar-refractivity contribution in [1.82, 2.24) is 9.29 Å². The van der Waals surface area contributed by atoms with Crippen molar-refractivity contribution in [2.75, 3.05) is 5.32 Å². The van der Waals surface area contributed by atoms with E-state index >= 15 is 0 Å². The van der Waals surface area contributed by atoms with Crippen LogP contribution in [0.3, 0.4) is 0 Å². The van der Waals surface area contributed by atoms with Gasteiger partial charge in [-0.2, -0.15) is 4.31 Å². The van der Waals surface area contributed by atoms with Gasteiger partial charge in [0.1, 0.15) is 10.7 Å². The Morgan fingerprint density at radius 2 is 1.58 bits per heavy atom. The summed E-state index contributed by atoms with van der Waals surface area (Å²) in [6, 6.07) is 9.91. The van der Waals surface area contributed by atoms with Gasteiger partial charge in [0.25, 0.3) is 0 Å². The Hall–Kier alpha value is -2.25. The maximum Gasteiger partial charge on any atom is 0.245 e. The van der Waals surface area contributed by atoms with Crippen molar-refractivity contribution < 1.29 is 13.2 Å². The molecule has 6 nitrogen and oxygen atoms in total. The molecule has 26 heavy (non-hydrogen) atoms. The maximum atomic E-state index is 12.8. The van der Waals surface area contributed by atoms with E-state index in [1.807, 2.05) is 27.7 Å². The summed E-state index contributed by atoms with van der Waals surface area (Å²) in [4.78, 5) is 15.7. The number of aromatic nitrogens is 1. The van der Waals surface area contributed by atoms with Gasteiger partial charge in [0.15, 0.2) is 5.78 Å². The van der Waals surface area contributed by atoms with E-state index in [0.29, 0.717) is 11.4 Å². The number of hydrogen-bond donors (Lipinski definition) is 1. The van der Waals surface area contributed by atoms with Gasteiger partial charge in [-0.15, -0.1) is 0 Å². The van der Waals surface area contributed by atoms with Crippen LogP contribution >= 0.6 is 0 Å². The molecule has 1 aromatic heterocycles. The average Bonchev–Trinajstić information content (AvgIpc) is 2.54. The highest BCUT2D eigenvalue weighted by atomic mass is 32.2. The summed E-state index contributed by atoms with van der Waals surface area (Å²) in [6.45, 7) is 8.93. The van der Waals surface area contributed by atoms with Gasteiger partial charge in [0, 0.05) is 29.5 Å². The molecule has 0 aliphatic carbocycles. The van der Waals surface area contributed by atoms with Crippen molar-refractivity contribution in [3.05, 3.63) is 48.2 Å². The third kappa shape index (κ3) is 4.47. The number of carbonyl (C=O) groups excluding carboxylic acids is 1. The van der Waals surface area contributed by atoms with Crippen LogP contribution in [0.25, 0.3) is 0 Å². The molecule has 2 aromatic rings. The topological polar surface area (TPSA) is 79.4 Å². The maximum absolute atomic E-state index is 12.8. The minimum Gasteiger partial charge on any atom is -0.340 e. The minimum atomic E-state index is -3.60. The Balaban J connectivity index is 2.21. The number of benzene rings is 1. The molecule has 1 aromatic carbocycles. The first-order valence-corrected chi connectivity index (χ1v) is 9.94. The lowest BCUT2D eigenvalue weighted by Gasteiger charge is -2.29. The van der Waals surface area contributed by atoms with Gasteiger partial charge in [0.2, 0.25) is 10.0 Å². The van der Waals surface area contributed by atoms with Gasteiger partial charge in [0.05, 0.1) is 0 Å². The standard InChI is InChI=1S/C19H25N3O3S/c1-13(2)22(14(3)4)26(24,25)18-10-11-19(20-12-18)21-17-8-6-16(7-9-17)15(5)23/h6-14H,1-5H3,(H,20,21). The van der Waals surface area contributed by atoms with E-state index in [0.717, 1.165) is 5.69 Å². The van der Waals surface area contributed by atoms with E-state index < -0.39 is 10.0 Å². The predicted octanol–water partition coefficient (Wildman–Crippen LogP) is 3.84. The minimum absolute atomic E-state index is 0.00379. The Labute approximate surface area is 155 Å². The fraction of sp³-hybridized carbons (Fsp3) is 0.368. The Kier molecular flexibility index (Phi) is 6.15. The Bertz CT molecular complexity index is 850. The lowest BCUT2D eigenvalue weighted by atomic mass is 10.1. The van der Waals surface area contributed by atoms with E-state index in [4.69, 9.17) is 0 Å². The number of carbonyl (C=O) groups is 1. The van der Waals surface area contributed by atoms with Crippen molar-refractivity contribution in [2.45, 2.75) is 51.6 Å². The average molecular weight is 375 g/mol.